The van der Waals surface area contributed by atoms with Gasteiger partial charge in [-0.15, -0.1) is 24.8 Å². The number of carbonyl (C=O) groups excluding carboxylic acids is 1. The van der Waals surface area contributed by atoms with E-state index in [4.69, 9.17) is 5.73 Å². The third kappa shape index (κ3) is 7.70. The number of likely N-dealkylation sites (N-methyl/N-ethyl adjacent to an activating group) is 1. The fourth-order valence-corrected chi connectivity index (χ4v) is 1.52. The maximum Gasteiger partial charge on any atom is 0.237 e. The summed E-state index contributed by atoms with van der Waals surface area (Å²) < 4.78 is 0. The van der Waals surface area contributed by atoms with E-state index < -0.39 is 6.04 Å². The highest BCUT2D eigenvalue weighted by Gasteiger charge is 2.15. The van der Waals surface area contributed by atoms with E-state index in [2.05, 4.69) is 17.1 Å². The Morgan fingerprint density at radius 3 is 2.30 bits per heavy atom. The van der Waals surface area contributed by atoms with Gasteiger partial charge < -0.3 is 16.0 Å². The summed E-state index contributed by atoms with van der Waals surface area (Å²) in [6, 6.07) is 9.64. The normalized spacial score (nSPS) is 12.8. The Morgan fingerprint density at radius 1 is 1.25 bits per heavy atom. The monoisotopic (exact) mass is 321 g/mol. The second-order valence-electron chi connectivity index (χ2n) is 4.85. The van der Waals surface area contributed by atoms with Crippen LogP contribution in [0.25, 0.3) is 0 Å². The van der Waals surface area contributed by atoms with E-state index in [1.807, 2.05) is 44.4 Å². The lowest BCUT2D eigenvalue weighted by molar-refractivity contribution is -0.122. The second kappa shape index (κ2) is 10.9. The second-order valence-corrected chi connectivity index (χ2v) is 4.85. The van der Waals surface area contributed by atoms with Crippen molar-refractivity contribution in [3.05, 3.63) is 35.9 Å². The lowest BCUT2D eigenvalue weighted by Gasteiger charge is -2.21. The molecular formula is C14H25Cl2N3O. The van der Waals surface area contributed by atoms with Crippen LogP contribution in [-0.4, -0.2) is 43.5 Å². The molecule has 0 aromatic heterocycles. The zero-order valence-corrected chi connectivity index (χ0v) is 13.8. The van der Waals surface area contributed by atoms with Crippen LogP contribution in [-0.2, 0) is 11.2 Å². The van der Waals surface area contributed by atoms with Gasteiger partial charge in [0, 0.05) is 12.6 Å². The minimum Gasteiger partial charge on any atom is -0.353 e. The first kappa shape index (κ1) is 21.5. The lowest BCUT2D eigenvalue weighted by atomic mass is 10.1. The largest absolute Gasteiger partial charge is 0.353 e. The fourth-order valence-electron chi connectivity index (χ4n) is 1.52. The molecule has 0 radical (unpaired) electrons. The summed E-state index contributed by atoms with van der Waals surface area (Å²) in [4.78, 5) is 13.9. The average molecular weight is 322 g/mol. The Balaban J connectivity index is 0. The predicted molar refractivity (Wildman–Crippen MR) is 88.8 cm³/mol. The Hall–Kier alpha value is -0.810. The number of nitrogens with zero attached hydrogens (tertiary/aromatic N) is 1. The molecule has 0 saturated carbocycles. The van der Waals surface area contributed by atoms with Crippen LogP contribution >= 0.6 is 24.8 Å². The summed E-state index contributed by atoms with van der Waals surface area (Å²) in [7, 11) is 3.97. The predicted octanol–water partition coefficient (Wildman–Crippen LogP) is 1.47. The van der Waals surface area contributed by atoms with Crippen LogP contribution in [0, 0.1) is 0 Å². The number of benzene rings is 1. The molecule has 0 heterocycles. The van der Waals surface area contributed by atoms with Crippen LogP contribution in [0.1, 0.15) is 12.5 Å². The van der Waals surface area contributed by atoms with Crippen molar-refractivity contribution in [2.75, 3.05) is 20.6 Å². The number of hydrogen-bond acceptors (Lipinski definition) is 3. The Bertz CT molecular complexity index is 374. The van der Waals surface area contributed by atoms with Gasteiger partial charge in [0.25, 0.3) is 0 Å². The Morgan fingerprint density at radius 2 is 1.80 bits per heavy atom. The molecule has 0 aliphatic rings. The SMILES string of the molecule is CC(CNC(=O)C(N)Cc1ccccc1)N(C)C.Cl.Cl. The molecule has 0 aliphatic carbocycles. The van der Waals surface area contributed by atoms with Crippen molar-refractivity contribution < 1.29 is 4.79 Å². The molecule has 1 aromatic carbocycles. The standard InChI is InChI=1S/C14H23N3O.2ClH/c1-11(17(2)3)10-16-14(18)13(15)9-12-7-5-4-6-8-12;;/h4-8,11,13H,9-10,15H2,1-3H3,(H,16,18);2*1H. The highest BCUT2D eigenvalue weighted by atomic mass is 35.5. The van der Waals surface area contributed by atoms with Crippen molar-refractivity contribution in [2.45, 2.75) is 25.4 Å². The average Bonchev–Trinajstić information content (AvgIpc) is 2.36. The Kier molecular flexibility index (Phi) is 11.7. The van der Waals surface area contributed by atoms with Gasteiger partial charge in [-0.05, 0) is 33.0 Å². The van der Waals surface area contributed by atoms with Crippen LogP contribution in [0.15, 0.2) is 30.3 Å². The van der Waals surface area contributed by atoms with E-state index in [0.29, 0.717) is 19.0 Å². The molecule has 20 heavy (non-hydrogen) atoms. The van der Waals surface area contributed by atoms with Gasteiger partial charge in [0.1, 0.15) is 0 Å². The van der Waals surface area contributed by atoms with Crippen molar-refractivity contribution in [3.8, 4) is 0 Å². The first-order valence-corrected chi connectivity index (χ1v) is 6.24. The zero-order chi connectivity index (χ0) is 13.5. The van der Waals surface area contributed by atoms with Gasteiger partial charge in [-0.2, -0.15) is 0 Å². The van der Waals surface area contributed by atoms with Crippen LogP contribution < -0.4 is 11.1 Å². The first-order valence-electron chi connectivity index (χ1n) is 6.24. The van der Waals surface area contributed by atoms with Crippen molar-refractivity contribution in [3.63, 3.8) is 0 Å². The number of nitrogens with two attached hydrogens (primary N) is 1. The molecule has 0 saturated heterocycles. The van der Waals surface area contributed by atoms with Crippen LogP contribution in [0.3, 0.4) is 0 Å². The number of carbonyl (C=O) groups is 1. The van der Waals surface area contributed by atoms with Crippen molar-refractivity contribution in [1.82, 2.24) is 10.2 Å². The molecule has 1 aromatic rings. The number of nitrogens with one attached hydrogen (secondary N) is 1. The third-order valence-corrected chi connectivity index (χ3v) is 3.09. The first-order chi connectivity index (χ1) is 8.50. The molecule has 0 aliphatic heterocycles. The van der Waals surface area contributed by atoms with E-state index in [1.54, 1.807) is 0 Å². The maximum absolute atomic E-state index is 11.8. The Labute approximate surface area is 133 Å². The minimum atomic E-state index is -0.484. The zero-order valence-electron chi connectivity index (χ0n) is 12.2. The molecule has 1 amide bonds. The molecule has 2 unspecified atom stereocenters. The molecule has 6 heteroatoms. The van der Waals surface area contributed by atoms with Gasteiger partial charge in [-0.3, -0.25) is 4.79 Å². The van der Waals surface area contributed by atoms with E-state index in [-0.39, 0.29) is 30.7 Å². The molecule has 116 valence electrons. The van der Waals surface area contributed by atoms with Gasteiger partial charge >= 0.3 is 0 Å². The number of hydrogen-bond donors (Lipinski definition) is 2. The molecular weight excluding hydrogens is 297 g/mol. The highest BCUT2D eigenvalue weighted by molar-refractivity contribution is 5.85. The van der Waals surface area contributed by atoms with E-state index in [1.165, 1.54) is 0 Å². The molecule has 4 nitrogen and oxygen atoms in total. The topological polar surface area (TPSA) is 58.4 Å². The summed E-state index contributed by atoms with van der Waals surface area (Å²) in [5.41, 5.74) is 6.97. The van der Waals surface area contributed by atoms with Crippen molar-refractivity contribution in [2.24, 2.45) is 5.73 Å². The summed E-state index contributed by atoms with van der Waals surface area (Å²) >= 11 is 0. The van der Waals surface area contributed by atoms with Crippen LogP contribution in [0.4, 0.5) is 0 Å². The number of rotatable bonds is 6. The molecule has 3 N–H and O–H groups in total. The van der Waals surface area contributed by atoms with Gasteiger partial charge in [0.2, 0.25) is 5.91 Å². The molecule has 0 spiro atoms. The van der Waals surface area contributed by atoms with E-state index >= 15 is 0 Å². The van der Waals surface area contributed by atoms with Gasteiger partial charge in [0.15, 0.2) is 0 Å². The number of amides is 1. The molecule has 2 atom stereocenters. The molecule has 0 bridgehead atoms. The van der Waals surface area contributed by atoms with E-state index in [9.17, 15) is 4.79 Å². The summed E-state index contributed by atoms with van der Waals surface area (Å²) in [6.45, 7) is 2.68. The van der Waals surface area contributed by atoms with Crippen LogP contribution in [0.5, 0.6) is 0 Å². The van der Waals surface area contributed by atoms with E-state index in [0.717, 1.165) is 5.56 Å². The third-order valence-electron chi connectivity index (χ3n) is 3.09. The summed E-state index contributed by atoms with van der Waals surface area (Å²) in [6.07, 6.45) is 0.572. The minimum absolute atomic E-state index is 0. The highest BCUT2D eigenvalue weighted by Crippen LogP contribution is 2.01. The molecule has 1 rings (SSSR count). The summed E-state index contributed by atoms with van der Waals surface area (Å²) in [5.74, 6) is -0.0902. The smallest absolute Gasteiger partial charge is 0.237 e. The quantitative estimate of drug-likeness (QED) is 0.834. The summed E-state index contributed by atoms with van der Waals surface area (Å²) in [5, 5.41) is 2.88. The lowest BCUT2D eigenvalue weighted by Crippen LogP contribution is -2.46. The van der Waals surface area contributed by atoms with Gasteiger partial charge in [-0.1, -0.05) is 30.3 Å². The van der Waals surface area contributed by atoms with Crippen molar-refractivity contribution >= 4 is 30.7 Å². The number of halogens is 2. The maximum atomic E-state index is 11.8. The fraction of sp³-hybridized carbons (Fsp3) is 0.500. The molecule has 0 fully saturated rings. The van der Waals surface area contributed by atoms with Crippen LogP contribution in [0.2, 0.25) is 0 Å². The van der Waals surface area contributed by atoms with Crippen molar-refractivity contribution in [1.29, 1.82) is 0 Å². The van der Waals surface area contributed by atoms with Gasteiger partial charge in [-0.25, -0.2) is 0 Å². The van der Waals surface area contributed by atoms with Gasteiger partial charge in [0.05, 0.1) is 6.04 Å².